The lowest BCUT2D eigenvalue weighted by Gasteiger charge is -2.18. The molecule has 1 heterocycles. The van der Waals surface area contributed by atoms with Crippen LogP contribution in [-0.4, -0.2) is 52.5 Å². The largest absolute Gasteiger partial charge is 0.507 e. The number of carbonyl (C=O) groups is 2. The number of cyclic esters (lactones) is 1. The Bertz CT molecular complexity index is 779. The smallest absolute Gasteiger partial charge is 0.342 e. The Hall–Kier alpha value is -2.64. The lowest BCUT2D eigenvalue weighted by Crippen LogP contribution is -2.32. The second-order valence-electron chi connectivity index (χ2n) is 6.42. The van der Waals surface area contributed by atoms with E-state index in [1.165, 1.54) is 31.4 Å². The first-order chi connectivity index (χ1) is 12.8. The monoisotopic (exact) mass is 376 g/mol. The number of carbonyl (C=O) groups excluding carboxylic acids is 2. The molecular formula is C20H24O7. The number of aliphatic hydroxyl groups is 2. The van der Waals surface area contributed by atoms with Gasteiger partial charge in [-0.05, 0) is 37.5 Å². The first kappa shape index (κ1) is 20.7. The summed E-state index contributed by atoms with van der Waals surface area (Å²) in [5.74, 6) is -1.23. The van der Waals surface area contributed by atoms with E-state index in [9.17, 15) is 24.9 Å². The third kappa shape index (κ3) is 4.75. The summed E-state index contributed by atoms with van der Waals surface area (Å²) < 4.78 is 10.6. The van der Waals surface area contributed by atoms with Crippen molar-refractivity contribution in [1.29, 1.82) is 0 Å². The molecular weight excluding hydrogens is 352 g/mol. The highest BCUT2D eigenvalue weighted by Gasteiger charge is 2.25. The van der Waals surface area contributed by atoms with Crippen molar-refractivity contribution in [3.63, 3.8) is 0 Å². The SMILES string of the molecule is COc1cc(O)c2c(c1C)/C=C/C[C@H](O)[C@H](O)C(=O)/C=C\C[C@H](C)OC2=O. The molecule has 146 valence electrons. The third-order valence-corrected chi connectivity index (χ3v) is 4.37. The standard InChI is InChI=1S/C20H24O7/c1-11-6-4-8-14(21)19(24)15(22)9-5-7-13-12(2)17(26-3)10-16(23)18(13)20(25)27-11/h4-5,7-8,10-11,15,19,22-24H,6,9H2,1-3H3/b7-5+,8-4-/t11-,15-,19+/m0/s1. The van der Waals surface area contributed by atoms with E-state index in [4.69, 9.17) is 9.47 Å². The van der Waals surface area contributed by atoms with Crippen molar-refractivity contribution >= 4 is 17.8 Å². The van der Waals surface area contributed by atoms with Crippen LogP contribution >= 0.6 is 0 Å². The molecule has 7 nitrogen and oxygen atoms in total. The van der Waals surface area contributed by atoms with Crippen molar-refractivity contribution in [3.05, 3.63) is 41.0 Å². The van der Waals surface area contributed by atoms with Crippen LogP contribution in [0.1, 0.15) is 41.3 Å². The van der Waals surface area contributed by atoms with Gasteiger partial charge in [0.05, 0.1) is 13.2 Å². The molecule has 0 unspecified atom stereocenters. The lowest BCUT2D eigenvalue weighted by molar-refractivity contribution is -0.127. The van der Waals surface area contributed by atoms with Gasteiger partial charge in [-0.2, -0.15) is 0 Å². The van der Waals surface area contributed by atoms with Gasteiger partial charge in [-0.15, -0.1) is 0 Å². The van der Waals surface area contributed by atoms with E-state index < -0.39 is 30.1 Å². The number of rotatable bonds is 1. The zero-order chi connectivity index (χ0) is 20.1. The Morgan fingerprint density at radius 3 is 2.48 bits per heavy atom. The minimum absolute atomic E-state index is 0.0106. The normalized spacial score (nSPS) is 26.5. The number of aromatic hydroxyl groups is 1. The molecule has 2 rings (SSSR count). The molecule has 1 aliphatic rings. The number of fused-ring (bicyclic) bond motifs is 1. The molecule has 0 saturated heterocycles. The molecule has 1 aliphatic heterocycles. The lowest BCUT2D eigenvalue weighted by atomic mass is 9.97. The van der Waals surface area contributed by atoms with Crippen molar-refractivity contribution < 1.29 is 34.4 Å². The highest BCUT2D eigenvalue weighted by molar-refractivity contribution is 5.98. The quantitative estimate of drug-likeness (QED) is 0.642. The average molecular weight is 376 g/mol. The molecule has 0 aliphatic carbocycles. The number of phenolic OH excluding ortho intramolecular Hbond substituents is 1. The van der Waals surface area contributed by atoms with Gasteiger partial charge >= 0.3 is 5.97 Å². The fourth-order valence-electron chi connectivity index (χ4n) is 2.81. The first-order valence-corrected chi connectivity index (χ1v) is 8.60. The highest BCUT2D eigenvalue weighted by Crippen LogP contribution is 2.34. The van der Waals surface area contributed by atoms with E-state index >= 15 is 0 Å². The maximum Gasteiger partial charge on any atom is 0.342 e. The molecule has 1 aromatic rings. The summed E-state index contributed by atoms with van der Waals surface area (Å²) in [7, 11) is 1.44. The van der Waals surface area contributed by atoms with Crippen LogP contribution in [0.25, 0.3) is 6.08 Å². The Morgan fingerprint density at radius 1 is 1.15 bits per heavy atom. The van der Waals surface area contributed by atoms with Gasteiger partial charge in [-0.1, -0.05) is 18.2 Å². The van der Waals surface area contributed by atoms with Gasteiger partial charge in [0.2, 0.25) is 0 Å². The zero-order valence-corrected chi connectivity index (χ0v) is 15.5. The molecule has 27 heavy (non-hydrogen) atoms. The number of esters is 1. The summed E-state index contributed by atoms with van der Waals surface area (Å²) >= 11 is 0. The van der Waals surface area contributed by atoms with Gasteiger partial charge in [0.1, 0.15) is 29.3 Å². The number of hydrogen-bond donors (Lipinski definition) is 3. The minimum Gasteiger partial charge on any atom is -0.507 e. The number of aliphatic hydroxyl groups excluding tert-OH is 2. The highest BCUT2D eigenvalue weighted by atomic mass is 16.5. The Kier molecular flexibility index (Phi) is 6.76. The van der Waals surface area contributed by atoms with Crippen LogP contribution in [0, 0.1) is 6.92 Å². The molecule has 0 saturated carbocycles. The predicted octanol–water partition coefficient (Wildman–Crippen LogP) is 1.91. The van der Waals surface area contributed by atoms with Crippen LogP contribution in [0.3, 0.4) is 0 Å². The molecule has 0 bridgehead atoms. The van der Waals surface area contributed by atoms with E-state index in [-0.39, 0.29) is 24.2 Å². The number of benzene rings is 1. The number of ether oxygens (including phenoxy) is 2. The van der Waals surface area contributed by atoms with E-state index in [1.54, 1.807) is 13.8 Å². The van der Waals surface area contributed by atoms with Crippen LogP contribution in [-0.2, 0) is 9.53 Å². The molecule has 1 aromatic carbocycles. The fourth-order valence-corrected chi connectivity index (χ4v) is 2.81. The number of methoxy groups -OCH3 is 1. The second-order valence-corrected chi connectivity index (χ2v) is 6.42. The maximum absolute atomic E-state index is 12.6. The molecule has 0 aromatic heterocycles. The van der Waals surface area contributed by atoms with Crippen LogP contribution < -0.4 is 4.74 Å². The molecule has 7 heteroatoms. The topological polar surface area (TPSA) is 113 Å². The maximum atomic E-state index is 12.6. The summed E-state index contributed by atoms with van der Waals surface area (Å²) in [5.41, 5.74) is 0.970. The van der Waals surface area contributed by atoms with Crippen LogP contribution in [0.2, 0.25) is 0 Å². The van der Waals surface area contributed by atoms with E-state index in [0.717, 1.165) is 6.08 Å². The minimum atomic E-state index is -1.55. The van der Waals surface area contributed by atoms with Gasteiger partial charge < -0.3 is 24.8 Å². The van der Waals surface area contributed by atoms with Crippen LogP contribution in [0.4, 0.5) is 0 Å². The summed E-state index contributed by atoms with van der Waals surface area (Å²) in [6.07, 6.45) is 2.47. The molecule has 0 radical (unpaired) electrons. The Morgan fingerprint density at radius 2 is 1.81 bits per heavy atom. The zero-order valence-electron chi connectivity index (χ0n) is 15.5. The van der Waals surface area contributed by atoms with Gasteiger partial charge in [0.15, 0.2) is 5.78 Å². The Labute approximate surface area is 157 Å². The van der Waals surface area contributed by atoms with Crippen LogP contribution in [0.5, 0.6) is 11.5 Å². The van der Waals surface area contributed by atoms with E-state index in [0.29, 0.717) is 16.9 Å². The average Bonchev–Trinajstić information content (AvgIpc) is 2.62. The third-order valence-electron chi connectivity index (χ3n) is 4.37. The summed E-state index contributed by atoms with van der Waals surface area (Å²) in [6, 6.07) is 1.34. The van der Waals surface area contributed by atoms with Gasteiger partial charge in [0.25, 0.3) is 0 Å². The van der Waals surface area contributed by atoms with Gasteiger partial charge in [-0.25, -0.2) is 4.79 Å². The number of ketones is 1. The van der Waals surface area contributed by atoms with Gasteiger partial charge in [0, 0.05) is 12.5 Å². The number of hydrogen-bond acceptors (Lipinski definition) is 7. The van der Waals surface area contributed by atoms with Crippen molar-refractivity contribution in [1.82, 2.24) is 0 Å². The summed E-state index contributed by atoms with van der Waals surface area (Å²) in [6.45, 7) is 3.37. The van der Waals surface area contributed by atoms with Crippen molar-refractivity contribution in [2.24, 2.45) is 0 Å². The fraction of sp³-hybridized carbons (Fsp3) is 0.400. The summed E-state index contributed by atoms with van der Waals surface area (Å²) in [5, 5.41) is 30.2. The van der Waals surface area contributed by atoms with Gasteiger partial charge in [-0.3, -0.25) is 4.79 Å². The molecule has 3 N–H and O–H groups in total. The molecule has 3 atom stereocenters. The van der Waals surface area contributed by atoms with E-state index in [1.807, 2.05) is 0 Å². The van der Waals surface area contributed by atoms with Crippen LogP contribution in [0.15, 0.2) is 24.3 Å². The molecule has 0 spiro atoms. The second kappa shape index (κ2) is 8.83. The Balaban J connectivity index is 2.54. The molecule has 0 amide bonds. The van der Waals surface area contributed by atoms with Crippen molar-refractivity contribution in [3.8, 4) is 11.5 Å². The van der Waals surface area contributed by atoms with Crippen molar-refractivity contribution in [2.45, 2.75) is 45.0 Å². The first-order valence-electron chi connectivity index (χ1n) is 8.60. The van der Waals surface area contributed by atoms with Crippen molar-refractivity contribution in [2.75, 3.05) is 7.11 Å². The van der Waals surface area contributed by atoms with E-state index in [2.05, 4.69) is 0 Å². The molecule has 0 fully saturated rings. The summed E-state index contributed by atoms with van der Waals surface area (Å²) in [4.78, 5) is 24.5. The number of phenols is 1. The predicted molar refractivity (Wildman–Crippen MR) is 98.7 cm³/mol.